The number of hydrogen-bond acceptors (Lipinski definition) is 7. The first-order valence-corrected chi connectivity index (χ1v) is 9.98. The summed E-state index contributed by atoms with van der Waals surface area (Å²) in [4.78, 5) is 37.3. The fourth-order valence-electron chi connectivity index (χ4n) is 2.91. The number of alkyl carbamates (subject to hydrolysis) is 1. The number of nitrogens with one attached hydrogen (secondary N) is 1. The highest BCUT2D eigenvalue weighted by Gasteiger charge is 2.18. The van der Waals surface area contributed by atoms with Gasteiger partial charge in [-0.05, 0) is 57.5 Å². The molecule has 0 aliphatic carbocycles. The Balaban J connectivity index is 1.71. The topological polar surface area (TPSA) is 114 Å². The van der Waals surface area contributed by atoms with Gasteiger partial charge in [-0.2, -0.15) is 0 Å². The molecule has 0 aliphatic heterocycles. The van der Waals surface area contributed by atoms with Crippen molar-refractivity contribution >= 4 is 22.9 Å². The molecular weight excluding hydrogens is 396 g/mol. The summed E-state index contributed by atoms with van der Waals surface area (Å²) in [6, 6.07) is 10.7. The molecular formula is C23H26N4O4. The van der Waals surface area contributed by atoms with E-state index in [1.54, 1.807) is 45.0 Å². The van der Waals surface area contributed by atoms with Crippen LogP contribution in [0, 0.1) is 6.92 Å². The molecule has 0 bridgehead atoms. The van der Waals surface area contributed by atoms with Crippen LogP contribution in [0.1, 0.15) is 54.3 Å². The zero-order valence-corrected chi connectivity index (χ0v) is 18.0. The quantitative estimate of drug-likeness (QED) is 0.586. The first-order chi connectivity index (χ1) is 14.6. The van der Waals surface area contributed by atoms with E-state index in [0.29, 0.717) is 22.4 Å². The predicted molar refractivity (Wildman–Crippen MR) is 116 cm³/mol. The maximum absolute atomic E-state index is 12.5. The number of aliphatic hydroxyl groups excluding tert-OH is 1. The number of pyridine rings is 1. The zero-order valence-electron chi connectivity index (χ0n) is 18.0. The molecule has 162 valence electrons. The second-order valence-corrected chi connectivity index (χ2v) is 8.28. The van der Waals surface area contributed by atoms with E-state index in [1.165, 1.54) is 6.20 Å². The van der Waals surface area contributed by atoms with Crippen molar-refractivity contribution < 1.29 is 19.4 Å². The summed E-state index contributed by atoms with van der Waals surface area (Å²) in [6.07, 6.45) is -0.0242. The third-order valence-electron chi connectivity index (χ3n) is 4.34. The number of ether oxygens (including phenoxy) is 1. The minimum atomic E-state index is -1.05. The molecule has 2 heterocycles. The molecule has 1 amide bonds. The summed E-state index contributed by atoms with van der Waals surface area (Å²) in [7, 11) is 0. The van der Waals surface area contributed by atoms with Crippen LogP contribution in [0.2, 0.25) is 0 Å². The SMILES string of the molecule is Cc1cccc(C(=O)Cc2ccc3ncc(C(O)CNC(=O)OC(C)(C)C)nc3c2)n1. The van der Waals surface area contributed by atoms with Gasteiger partial charge >= 0.3 is 6.09 Å². The van der Waals surface area contributed by atoms with Crippen molar-refractivity contribution in [2.24, 2.45) is 0 Å². The number of carbonyl (C=O) groups is 2. The lowest BCUT2D eigenvalue weighted by Gasteiger charge is -2.20. The molecule has 1 unspecified atom stereocenters. The van der Waals surface area contributed by atoms with Crippen LogP contribution in [0.15, 0.2) is 42.6 Å². The first-order valence-electron chi connectivity index (χ1n) is 9.98. The number of rotatable bonds is 6. The van der Waals surface area contributed by atoms with E-state index < -0.39 is 17.8 Å². The highest BCUT2D eigenvalue weighted by atomic mass is 16.6. The maximum atomic E-state index is 12.5. The van der Waals surface area contributed by atoms with Gasteiger partial charge in [0.25, 0.3) is 0 Å². The molecule has 0 saturated heterocycles. The fraction of sp³-hybridized carbons (Fsp3) is 0.348. The van der Waals surface area contributed by atoms with Gasteiger partial charge in [-0.15, -0.1) is 0 Å². The minimum Gasteiger partial charge on any atom is -0.444 e. The Labute approximate surface area is 180 Å². The largest absolute Gasteiger partial charge is 0.444 e. The number of carbonyl (C=O) groups excluding carboxylic acids is 2. The fourth-order valence-corrected chi connectivity index (χ4v) is 2.91. The van der Waals surface area contributed by atoms with Crippen molar-refractivity contribution in [2.75, 3.05) is 6.54 Å². The van der Waals surface area contributed by atoms with Gasteiger partial charge in [-0.1, -0.05) is 12.1 Å². The van der Waals surface area contributed by atoms with E-state index in [4.69, 9.17) is 4.74 Å². The number of hydrogen-bond donors (Lipinski definition) is 2. The number of ketones is 1. The van der Waals surface area contributed by atoms with Gasteiger partial charge in [0.2, 0.25) is 0 Å². The number of aromatic nitrogens is 3. The number of benzene rings is 1. The Morgan fingerprint density at radius 2 is 1.90 bits per heavy atom. The number of amides is 1. The second-order valence-electron chi connectivity index (χ2n) is 8.28. The van der Waals surface area contributed by atoms with E-state index in [1.807, 2.05) is 19.1 Å². The van der Waals surface area contributed by atoms with Crippen molar-refractivity contribution in [3.63, 3.8) is 0 Å². The normalized spacial score (nSPS) is 12.4. The van der Waals surface area contributed by atoms with E-state index >= 15 is 0 Å². The molecule has 0 saturated carbocycles. The summed E-state index contributed by atoms with van der Waals surface area (Å²) in [5.41, 5.74) is 2.86. The Hall–Kier alpha value is -3.39. The summed E-state index contributed by atoms with van der Waals surface area (Å²) < 4.78 is 5.16. The zero-order chi connectivity index (χ0) is 22.6. The van der Waals surface area contributed by atoms with Crippen LogP contribution in [-0.4, -0.2) is 44.1 Å². The number of Topliss-reactive ketones (excluding diaryl/α,β-unsaturated/α-hetero) is 1. The molecule has 3 rings (SSSR count). The molecule has 1 atom stereocenters. The molecule has 8 heteroatoms. The molecule has 2 N–H and O–H groups in total. The molecule has 0 aliphatic rings. The third-order valence-corrected chi connectivity index (χ3v) is 4.34. The highest BCUT2D eigenvalue weighted by molar-refractivity contribution is 5.96. The number of aliphatic hydroxyl groups is 1. The molecule has 8 nitrogen and oxygen atoms in total. The lowest BCUT2D eigenvalue weighted by atomic mass is 10.1. The van der Waals surface area contributed by atoms with Crippen LogP contribution in [0.4, 0.5) is 4.79 Å². The highest BCUT2D eigenvalue weighted by Crippen LogP contribution is 2.17. The third kappa shape index (κ3) is 6.29. The summed E-state index contributed by atoms with van der Waals surface area (Å²) in [5, 5.41) is 12.9. The average Bonchev–Trinajstić information content (AvgIpc) is 2.70. The Morgan fingerprint density at radius 1 is 1.13 bits per heavy atom. The minimum absolute atomic E-state index is 0.0632. The van der Waals surface area contributed by atoms with Crippen molar-refractivity contribution in [1.82, 2.24) is 20.3 Å². The van der Waals surface area contributed by atoms with E-state index in [2.05, 4.69) is 20.3 Å². The number of nitrogens with zero attached hydrogens (tertiary/aromatic N) is 3. The van der Waals surface area contributed by atoms with Gasteiger partial charge in [0.15, 0.2) is 5.78 Å². The van der Waals surface area contributed by atoms with E-state index in [0.717, 1.165) is 11.3 Å². The summed E-state index contributed by atoms with van der Waals surface area (Å²) in [6.45, 7) is 7.05. The summed E-state index contributed by atoms with van der Waals surface area (Å²) in [5.74, 6) is -0.0891. The van der Waals surface area contributed by atoms with Crippen molar-refractivity contribution in [3.05, 3.63) is 65.2 Å². The average molecular weight is 422 g/mol. The number of aryl methyl sites for hydroxylation is 1. The molecule has 1 aromatic carbocycles. The number of fused-ring (bicyclic) bond motifs is 1. The summed E-state index contributed by atoms with van der Waals surface area (Å²) >= 11 is 0. The predicted octanol–water partition coefficient (Wildman–Crippen LogP) is 3.32. The maximum Gasteiger partial charge on any atom is 0.407 e. The van der Waals surface area contributed by atoms with Gasteiger partial charge in [-0.25, -0.2) is 9.78 Å². The Bertz CT molecular complexity index is 1110. The van der Waals surface area contributed by atoms with Gasteiger partial charge in [0.1, 0.15) is 17.4 Å². The monoisotopic (exact) mass is 422 g/mol. The molecule has 2 aromatic heterocycles. The van der Waals surface area contributed by atoms with E-state index in [-0.39, 0.29) is 18.7 Å². The van der Waals surface area contributed by atoms with Gasteiger partial charge in [-0.3, -0.25) is 14.8 Å². The molecule has 0 fully saturated rings. The smallest absolute Gasteiger partial charge is 0.407 e. The van der Waals surface area contributed by atoms with Crippen LogP contribution in [-0.2, 0) is 11.2 Å². The van der Waals surface area contributed by atoms with Crippen LogP contribution in [0.25, 0.3) is 11.0 Å². The van der Waals surface area contributed by atoms with Gasteiger partial charge < -0.3 is 15.2 Å². The lowest BCUT2D eigenvalue weighted by Crippen LogP contribution is -2.35. The van der Waals surface area contributed by atoms with Crippen molar-refractivity contribution in [2.45, 2.75) is 45.8 Å². The second kappa shape index (κ2) is 9.18. The molecule has 3 aromatic rings. The molecule has 0 radical (unpaired) electrons. The van der Waals surface area contributed by atoms with Gasteiger partial charge in [0, 0.05) is 12.1 Å². The van der Waals surface area contributed by atoms with Crippen LogP contribution in [0.3, 0.4) is 0 Å². The Morgan fingerprint density at radius 3 is 2.61 bits per heavy atom. The van der Waals surface area contributed by atoms with Crippen LogP contribution < -0.4 is 5.32 Å². The van der Waals surface area contributed by atoms with Crippen LogP contribution >= 0.6 is 0 Å². The van der Waals surface area contributed by atoms with Gasteiger partial charge in [0.05, 0.1) is 29.5 Å². The van der Waals surface area contributed by atoms with Crippen LogP contribution in [0.5, 0.6) is 0 Å². The van der Waals surface area contributed by atoms with E-state index in [9.17, 15) is 14.7 Å². The van der Waals surface area contributed by atoms with Crippen molar-refractivity contribution in [1.29, 1.82) is 0 Å². The van der Waals surface area contributed by atoms with Crippen molar-refractivity contribution in [3.8, 4) is 0 Å². The molecule has 31 heavy (non-hydrogen) atoms. The molecule has 0 spiro atoms. The standard InChI is InChI=1S/C23H26N4O4/c1-14-6-5-7-17(26-14)20(28)11-15-8-9-16-18(10-15)27-19(12-24-16)21(29)13-25-22(30)31-23(2,3)4/h5-10,12,21,29H,11,13H2,1-4H3,(H,25,30). The lowest BCUT2D eigenvalue weighted by molar-refractivity contribution is 0.0490. The first kappa shape index (κ1) is 22.3. The Kier molecular flexibility index (Phi) is 6.60.